The van der Waals surface area contributed by atoms with Crippen LogP contribution < -0.4 is 10.6 Å². The molecular weight excluding hydrogens is 334 g/mol. The molecule has 0 radical (unpaired) electrons. The van der Waals surface area contributed by atoms with E-state index in [1.54, 1.807) is 0 Å². The SMILES string of the molecule is COC(=O)C(Sc1nc(NC(C)C)nc(NC(C)C)n1)C(=O)OC. The molecule has 0 aliphatic heterocycles. The van der Waals surface area contributed by atoms with E-state index in [-0.39, 0.29) is 17.2 Å². The van der Waals surface area contributed by atoms with Gasteiger partial charge >= 0.3 is 11.9 Å². The molecule has 10 heteroatoms. The molecule has 0 spiro atoms. The fourth-order valence-electron chi connectivity index (χ4n) is 1.57. The molecule has 0 bridgehead atoms. The third-order valence-corrected chi connectivity index (χ3v) is 3.52. The molecule has 24 heavy (non-hydrogen) atoms. The van der Waals surface area contributed by atoms with Crippen LogP contribution >= 0.6 is 11.8 Å². The summed E-state index contributed by atoms with van der Waals surface area (Å²) >= 11 is 0.845. The Kier molecular flexibility index (Phi) is 7.69. The zero-order chi connectivity index (χ0) is 18.3. The van der Waals surface area contributed by atoms with Crippen molar-refractivity contribution < 1.29 is 19.1 Å². The van der Waals surface area contributed by atoms with Crippen LogP contribution in [-0.2, 0) is 19.1 Å². The number of carbonyl (C=O) groups excluding carboxylic acids is 2. The molecule has 0 aliphatic rings. The molecule has 0 saturated carbocycles. The Bertz CT molecular complexity index is 538. The number of hydrogen-bond donors (Lipinski definition) is 2. The summed E-state index contributed by atoms with van der Waals surface area (Å²) in [5, 5.41) is 5.14. The summed E-state index contributed by atoms with van der Waals surface area (Å²) in [5.41, 5.74) is 0. The number of esters is 2. The van der Waals surface area contributed by atoms with Gasteiger partial charge in [-0.15, -0.1) is 0 Å². The molecule has 0 aliphatic carbocycles. The Balaban J connectivity index is 3.14. The van der Waals surface area contributed by atoms with Crippen LogP contribution in [0.1, 0.15) is 27.7 Å². The monoisotopic (exact) mass is 357 g/mol. The molecule has 2 N–H and O–H groups in total. The predicted molar refractivity (Wildman–Crippen MR) is 91.0 cm³/mol. The number of methoxy groups -OCH3 is 2. The van der Waals surface area contributed by atoms with Gasteiger partial charge in [-0.25, -0.2) is 0 Å². The summed E-state index contributed by atoms with van der Waals surface area (Å²) in [5.74, 6) is -0.772. The average Bonchev–Trinajstić information content (AvgIpc) is 2.49. The minimum absolute atomic E-state index is 0.106. The number of rotatable bonds is 8. The summed E-state index contributed by atoms with van der Waals surface area (Å²) in [6.07, 6.45) is 0. The number of ether oxygens (including phenoxy) is 2. The van der Waals surface area contributed by atoms with E-state index in [0.29, 0.717) is 11.9 Å². The van der Waals surface area contributed by atoms with Crippen molar-refractivity contribution >= 4 is 35.6 Å². The van der Waals surface area contributed by atoms with Crippen molar-refractivity contribution in [2.75, 3.05) is 24.9 Å². The normalized spacial score (nSPS) is 10.9. The van der Waals surface area contributed by atoms with Crippen LogP contribution in [0.15, 0.2) is 5.16 Å². The zero-order valence-electron chi connectivity index (χ0n) is 14.6. The molecule has 0 saturated heterocycles. The largest absolute Gasteiger partial charge is 0.468 e. The maximum Gasteiger partial charge on any atom is 0.330 e. The summed E-state index contributed by atoms with van der Waals surface area (Å²) in [7, 11) is 2.40. The summed E-state index contributed by atoms with van der Waals surface area (Å²) in [6.45, 7) is 7.77. The lowest BCUT2D eigenvalue weighted by atomic mass is 10.4. The fraction of sp³-hybridized carbons (Fsp3) is 0.643. The third kappa shape index (κ3) is 6.19. The van der Waals surface area contributed by atoms with Gasteiger partial charge in [0.05, 0.1) is 14.2 Å². The van der Waals surface area contributed by atoms with E-state index in [1.807, 2.05) is 27.7 Å². The highest BCUT2D eigenvalue weighted by molar-refractivity contribution is 8.01. The van der Waals surface area contributed by atoms with Gasteiger partial charge in [-0.1, -0.05) is 11.8 Å². The second-order valence-corrected chi connectivity index (χ2v) is 6.48. The van der Waals surface area contributed by atoms with Gasteiger partial charge < -0.3 is 20.1 Å². The lowest BCUT2D eigenvalue weighted by Gasteiger charge is -2.15. The van der Waals surface area contributed by atoms with Gasteiger partial charge in [0.25, 0.3) is 0 Å². The predicted octanol–water partition coefficient (Wildman–Crippen LogP) is 1.32. The van der Waals surface area contributed by atoms with Crippen LogP contribution in [0.3, 0.4) is 0 Å². The Hall–Kier alpha value is -2.10. The van der Waals surface area contributed by atoms with E-state index in [0.717, 1.165) is 11.8 Å². The zero-order valence-corrected chi connectivity index (χ0v) is 15.4. The molecule has 0 amide bonds. The van der Waals surface area contributed by atoms with Crippen LogP contribution in [0.4, 0.5) is 11.9 Å². The minimum atomic E-state index is -1.21. The van der Waals surface area contributed by atoms with E-state index in [1.165, 1.54) is 14.2 Å². The smallest absolute Gasteiger partial charge is 0.330 e. The summed E-state index contributed by atoms with van der Waals surface area (Å²) < 4.78 is 9.27. The van der Waals surface area contributed by atoms with Gasteiger partial charge in [0.1, 0.15) is 0 Å². The second-order valence-electron chi connectivity index (χ2n) is 5.41. The molecule has 0 unspecified atom stereocenters. The Morgan fingerprint density at radius 3 is 1.62 bits per heavy atom. The van der Waals surface area contributed by atoms with Gasteiger partial charge in [-0.05, 0) is 27.7 Å². The highest BCUT2D eigenvalue weighted by Gasteiger charge is 2.31. The van der Waals surface area contributed by atoms with Gasteiger partial charge in [-0.3, -0.25) is 9.59 Å². The lowest BCUT2D eigenvalue weighted by molar-refractivity contribution is -0.150. The lowest BCUT2D eigenvalue weighted by Crippen LogP contribution is -2.29. The highest BCUT2D eigenvalue weighted by atomic mass is 32.2. The van der Waals surface area contributed by atoms with Crippen molar-refractivity contribution in [2.24, 2.45) is 0 Å². The van der Waals surface area contributed by atoms with Crippen molar-refractivity contribution in [1.82, 2.24) is 15.0 Å². The number of nitrogens with zero attached hydrogens (tertiary/aromatic N) is 3. The molecule has 1 aromatic rings. The van der Waals surface area contributed by atoms with Crippen molar-refractivity contribution in [3.63, 3.8) is 0 Å². The van der Waals surface area contributed by atoms with E-state index in [2.05, 4.69) is 35.1 Å². The molecule has 0 atom stereocenters. The van der Waals surface area contributed by atoms with Crippen molar-refractivity contribution in [3.05, 3.63) is 0 Å². The highest BCUT2D eigenvalue weighted by Crippen LogP contribution is 2.24. The van der Waals surface area contributed by atoms with E-state index >= 15 is 0 Å². The van der Waals surface area contributed by atoms with Crippen LogP contribution in [0.5, 0.6) is 0 Å². The van der Waals surface area contributed by atoms with Gasteiger partial charge in [0.15, 0.2) is 5.16 Å². The van der Waals surface area contributed by atoms with Gasteiger partial charge in [-0.2, -0.15) is 15.0 Å². The average molecular weight is 357 g/mol. The minimum Gasteiger partial charge on any atom is -0.468 e. The van der Waals surface area contributed by atoms with E-state index < -0.39 is 17.2 Å². The molecule has 9 nitrogen and oxygen atoms in total. The first-order valence-corrected chi connectivity index (χ1v) is 8.26. The maximum absolute atomic E-state index is 11.8. The Labute approximate surface area is 145 Å². The van der Waals surface area contributed by atoms with Crippen molar-refractivity contribution in [1.29, 1.82) is 0 Å². The number of carbonyl (C=O) groups is 2. The molecule has 1 rings (SSSR count). The fourth-order valence-corrected chi connectivity index (χ4v) is 2.44. The summed E-state index contributed by atoms with van der Waals surface area (Å²) in [6, 6.07) is 0.211. The van der Waals surface area contributed by atoms with Crippen LogP contribution in [-0.4, -0.2) is 58.4 Å². The first kappa shape index (κ1) is 19.9. The maximum atomic E-state index is 11.8. The van der Waals surface area contributed by atoms with Gasteiger partial charge in [0.2, 0.25) is 17.1 Å². The number of nitrogens with one attached hydrogen (secondary N) is 2. The quantitative estimate of drug-likeness (QED) is 0.401. The van der Waals surface area contributed by atoms with Crippen LogP contribution in [0.2, 0.25) is 0 Å². The number of aromatic nitrogens is 3. The molecular formula is C14H23N5O4S. The van der Waals surface area contributed by atoms with Crippen LogP contribution in [0.25, 0.3) is 0 Å². The standard InChI is InChI=1S/C14H23N5O4S/c1-7(2)15-12-17-13(16-8(3)4)19-14(18-12)24-9(10(20)22-5)11(21)23-6/h7-9H,1-6H3,(H2,15,16,17,18,19). The van der Waals surface area contributed by atoms with Crippen molar-refractivity contribution in [3.8, 4) is 0 Å². The molecule has 1 aromatic heterocycles. The molecule has 134 valence electrons. The number of hydrogen-bond acceptors (Lipinski definition) is 10. The summed E-state index contributed by atoms with van der Waals surface area (Å²) in [4.78, 5) is 36.3. The molecule has 0 aromatic carbocycles. The van der Waals surface area contributed by atoms with Crippen molar-refractivity contribution in [2.45, 2.75) is 50.2 Å². The first-order valence-electron chi connectivity index (χ1n) is 7.38. The Morgan fingerprint density at radius 2 is 1.29 bits per heavy atom. The second kappa shape index (κ2) is 9.26. The number of anilines is 2. The topological polar surface area (TPSA) is 115 Å². The van der Waals surface area contributed by atoms with Crippen LogP contribution in [0, 0.1) is 0 Å². The van der Waals surface area contributed by atoms with E-state index in [4.69, 9.17) is 0 Å². The molecule has 1 heterocycles. The number of thioether (sulfide) groups is 1. The van der Waals surface area contributed by atoms with Gasteiger partial charge in [0, 0.05) is 12.1 Å². The third-order valence-electron chi connectivity index (χ3n) is 2.50. The van der Waals surface area contributed by atoms with E-state index in [9.17, 15) is 9.59 Å². The Morgan fingerprint density at radius 1 is 0.875 bits per heavy atom. The molecule has 0 fully saturated rings. The first-order chi connectivity index (χ1) is 11.3.